The topological polar surface area (TPSA) is 0 Å². The largest absolute Gasteiger partial charge is 0.207 e. The lowest BCUT2D eigenvalue weighted by molar-refractivity contribution is 0.132. The molecule has 0 aromatic heterocycles. The third-order valence-electron chi connectivity index (χ3n) is 7.70. The molecule has 0 bridgehead atoms. The van der Waals surface area contributed by atoms with Crippen LogP contribution in [0.4, 0.5) is 4.39 Å². The average Bonchev–Trinajstić information content (AvgIpc) is 2.84. The molecule has 4 atom stereocenters. The van der Waals surface area contributed by atoms with Gasteiger partial charge in [-0.15, -0.1) is 0 Å². The Morgan fingerprint density at radius 3 is 2.33 bits per heavy atom. The molecule has 0 aliphatic heterocycles. The molecule has 1 heteroatoms. The Bertz CT molecular complexity index is 1030. The van der Waals surface area contributed by atoms with Crippen LogP contribution in [0.25, 0.3) is 0 Å². The van der Waals surface area contributed by atoms with E-state index in [0.29, 0.717) is 5.92 Å². The minimum absolute atomic E-state index is 0.0767. The van der Waals surface area contributed by atoms with Gasteiger partial charge in [0.25, 0.3) is 0 Å². The van der Waals surface area contributed by atoms with Crippen molar-refractivity contribution < 1.29 is 4.39 Å². The molecule has 0 N–H and O–H groups in total. The standard InChI is InChI=1S/C32H37F/c1-3-5-6-8-24-9-11-25(12-10-24)13-14-27-16-20-31(32(33)22-27)30-19-18-28-21-26(7-4-2)15-17-29(28)23-30/h3-5,7,9-12,16,20,22,26,28-30H,6,8,15,17-19,21,23H2,1-2H3/b5-3+,7-4+. The molecule has 2 aliphatic carbocycles. The molecule has 4 rings (SSSR count). The summed E-state index contributed by atoms with van der Waals surface area (Å²) in [5.74, 6) is 9.00. The number of allylic oxidation sites excluding steroid dienone is 4. The Hall–Kier alpha value is -2.59. The fourth-order valence-electron chi connectivity index (χ4n) is 5.91. The minimum Gasteiger partial charge on any atom is -0.207 e. The van der Waals surface area contributed by atoms with Crippen molar-refractivity contribution in [2.75, 3.05) is 0 Å². The highest BCUT2D eigenvalue weighted by atomic mass is 19.1. The molecule has 0 heterocycles. The van der Waals surface area contributed by atoms with E-state index in [1.54, 1.807) is 6.07 Å². The van der Waals surface area contributed by atoms with Crippen molar-refractivity contribution in [1.82, 2.24) is 0 Å². The van der Waals surface area contributed by atoms with Crippen molar-refractivity contribution in [2.45, 2.75) is 71.1 Å². The Kier molecular flexibility index (Phi) is 8.22. The van der Waals surface area contributed by atoms with Gasteiger partial charge in [0.2, 0.25) is 0 Å². The predicted molar refractivity (Wildman–Crippen MR) is 138 cm³/mol. The minimum atomic E-state index is -0.0767. The van der Waals surface area contributed by atoms with E-state index in [4.69, 9.17) is 0 Å². The molecule has 4 unspecified atom stereocenters. The van der Waals surface area contributed by atoms with Crippen molar-refractivity contribution in [3.05, 3.63) is 94.8 Å². The maximum atomic E-state index is 15.1. The number of benzene rings is 2. The summed E-state index contributed by atoms with van der Waals surface area (Å²) in [6.45, 7) is 4.18. The maximum Gasteiger partial charge on any atom is 0.127 e. The Labute approximate surface area is 200 Å². The van der Waals surface area contributed by atoms with Gasteiger partial charge < -0.3 is 0 Å². The van der Waals surface area contributed by atoms with Crippen LogP contribution in [0.2, 0.25) is 0 Å². The highest BCUT2D eigenvalue weighted by Gasteiger charge is 2.35. The normalized spacial score (nSPS) is 25.1. The second kappa shape index (κ2) is 11.5. The first-order chi connectivity index (χ1) is 16.2. The Morgan fingerprint density at radius 2 is 1.58 bits per heavy atom. The lowest BCUT2D eigenvalue weighted by Crippen LogP contribution is -2.30. The van der Waals surface area contributed by atoms with Gasteiger partial charge >= 0.3 is 0 Å². The smallest absolute Gasteiger partial charge is 0.127 e. The van der Waals surface area contributed by atoms with Crippen LogP contribution < -0.4 is 0 Å². The second-order valence-electron chi connectivity index (χ2n) is 9.92. The molecule has 0 saturated heterocycles. The molecule has 2 aromatic carbocycles. The van der Waals surface area contributed by atoms with Crippen LogP contribution in [0.5, 0.6) is 0 Å². The second-order valence-corrected chi connectivity index (χ2v) is 9.92. The van der Waals surface area contributed by atoms with E-state index in [1.807, 2.05) is 12.1 Å². The number of halogens is 1. The maximum absolute atomic E-state index is 15.1. The van der Waals surface area contributed by atoms with Gasteiger partial charge in [-0.05, 0) is 124 Å². The summed E-state index contributed by atoms with van der Waals surface area (Å²) in [7, 11) is 0. The average molecular weight is 441 g/mol. The summed E-state index contributed by atoms with van der Waals surface area (Å²) >= 11 is 0. The number of hydrogen-bond acceptors (Lipinski definition) is 0. The summed E-state index contributed by atoms with van der Waals surface area (Å²) in [6.07, 6.45) is 18.4. The van der Waals surface area contributed by atoms with Crippen molar-refractivity contribution in [2.24, 2.45) is 17.8 Å². The summed E-state index contributed by atoms with van der Waals surface area (Å²) < 4.78 is 15.1. The third-order valence-corrected chi connectivity index (χ3v) is 7.70. The molecule has 0 nitrogen and oxygen atoms in total. The lowest BCUT2D eigenvalue weighted by atomic mass is 9.64. The third kappa shape index (κ3) is 6.26. The van der Waals surface area contributed by atoms with E-state index in [0.717, 1.165) is 60.1 Å². The van der Waals surface area contributed by atoms with Crippen molar-refractivity contribution >= 4 is 0 Å². The predicted octanol–water partition coefficient (Wildman–Crippen LogP) is 8.61. The number of aryl methyl sites for hydroxylation is 1. The molecule has 2 fully saturated rings. The zero-order valence-corrected chi connectivity index (χ0v) is 20.2. The van der Waals surface area contributed by atoms with Crippen LogP contribution in [0.3, 0.4) is 0 Å². The molecule has 33 heavy (non-hydrogen) atoms. The summed E-state index contributed by atoms with van der Waals surface area (Å²) in [5.41, 5.74) is 3.95. The number of rotatable bonds is 5. The van der Waals surface area contributed by atoms with Crippen molar-refractivity contribution in [1.29, 1.82) is 0 Å². The van der Waals surface area contributed by atoms with E-state index >= 15 is 4.39 Å². The van der Waals surface area contributed by atoms with Crippen LogP contribution in [0.1, 0.15) is 87.0 Å². The number of fused-ring (bicyclic) bond motifs is 1. The molecule has 172 valence electrons. The van der Waals surface area contributed by atoms with Gasteiger partial charge in [0, 0.05) is 11.1 Å². The molecule has 2 aromatic rings. The fraction of sp³-hybridized carbons (Fsp3) is 0.438. The first-order valence-electron chi connectivity index (χ1n) is 12.8. The quantitative estimate of drug-likeness (QED) is 0.322. The molecular weight excluding hydrogens is 403 g/mol. The van der Waals surface area contributed by atoms with E-state index in [-0.39, 0.29) is 5.82 Å². The summed E-state index contributed by atoms with van der Waals surface area (Å²) in [6, 6.07) is 14.0. The zero-order chi connectivity index (χ0) is 23.0. The Balaban J connectivity index is 1.37. The van der Waals surface area contributed by atoms with Gasteiger partial charge in [0.05, 0.1) is 0 Å². The highest BCUT2D eigenvalue weighted by Crippen LogP contribution is 2.48. The zero-order valence-electron chi connectivity index (χ0n) is 20.2. The van der Waals surface area contributed by atoms with E-state index in [2.05, 4.69) is 74.3 Å². The summed E-state index contributed by atoms with van der Waals surface area (Å²) in [4.78, 5) is 0. The molecule has 0 radical (unpaired) electrons. The molecule has 2 aliphatic rings. The highest BCUT2D eigenvalue weighted by molar-refractivity contribution is 5.45. The van der Waals surface area contributed by atoms with Crippen LogP contribution in [-0.2, 0) is 6.42 Å². The van der Waals surface area contributed by atoms with Gasteiger partial charge in [-0.25, -0.2) is 4.39 Å². The first-order valence-corrected chi connectivity index (χ1v) is 12.8. The lowest BCUT2D eigenvalue weighted by Gasteiger charge is -2.41. The van der Waals surface area contributed by atoms with E-state index in [1.165, 1.54) is 31.2 Å². The monoisotopic (exact) mass is 440 g/mol. The van der Waals surface area contributed by atoms with Crippen LogP contribution in [-0.4, -0.2) is 0 Å². The van der Waals surface area contributed by atoms with Gasteiger partial charge in [-0.2, -0.15) is 0 Å². The van der Waals surface area contributed by atoms with Crippen molar-refractivity contribution in [3.63, 3.8) is 0 Å². The molecular formula is C32H37F. The molecule has 0 amide bonds. The van der Waals surface area contributed by atoms with Gasteiger partial charge in [-0.3, -0.25) is 0 Å². The SMILES string of the molecule is C/C=C/CCc1ccc(C#Cc2ccc(C3CCC4CC(/C=C/C)CCC4C3)c(F)c2)cc1. The fourth-order valence-corrected chi connectivity index (χ4v) is 5.91. The van der Waals surface area contributed by atoms with Gasteiger partial charge in [-0.1, -0.05) is 54.3 Å². The van der Waals surface area contributed by atoms with Crippen molar-refractivity contribution in [3.8, 4) is 11.8 Å². The van der Waals surface area contributed by atoms with E-state index < -0.39 is 0 Å². The Morgan fingerprint density at radius 1 is 0.848 bits per heavy atom. The van der Waals surface area contributed by atoms with E-state index in [9.17, 15) is 0 Å². The van der Waals surface area contributed by atoms with Gasteiger partial charge in [0.1, 0.15) is 5.82 Å². The first kappa shape index (κ1) is 23.6. The van der Waals surface area contributed by atoms with Crippen LogP contribution >= 0.6 is 0 Å². The molecule has 0 spiro atoms. The van der Waals surface area contributed by atoms with Crippen LogP contribution in [0.15, 0.2) is 66.8 Å². The molecule has 2 saturated carbocycles. The summed E-state index contributed by atoms with van der Waals surface area (Å²) in [5, 5.41) is 0. The number of hydrogen-bond donors (Lipinski definition) is 0. The van der Waals surface area contributed by atoms with Gasteiger partial charge in [0.15, 0.2) is 0 Å². The van der Waals surface area contributed by atoms with Crippen LogP contribution in [0, 0.1) is 35.4 Å².